The lowest BCUT2D eigenvalue weighted by molar-refractivity contribution is 0.191. The van der Waals surface area contributed by atoms with Gasteiger partial charge >= 0.3 is 0 Å². The van der Waals surface area contributed by atoms with Crippen molar-refractivity contribution in [2.24, 2.45) is 0 Å². The molecule has 0 amide bonds. The van der Waals surface area contributed by atoms with Crippen LogP contribution in [0.4, 0.5) is 0 Å². The first-order valence-corrected chi connectivity index (χ1v) is 9.75. The first kappa shape index (κ1) is 16.5. The first-order valence-electron chi connectivity index (χ1n) is 8.87. The number of fused-ring (bicyclic) bond motifs is 1. The lowest BCUT2D eigenvalue weighted by Gasteiger charge is -2.32. The van der Waals surface area contributed by atoms with Crippen LogP contribution >= 0.6 is 11.3 Å². The van der Waals surface area contributed by atoms with Crippen molar-refractivity contribution in [1.82, 2.24) is 15.2 Å². The van der Waals surface area contributed by atoms with Crippen LogP contribution in [0.1, 0.15) is 23.3 Å². The molecule has 0 aliphatic carbocycles. The molecule has 130 valence electrons. The van der Waals surface area contributed by atoms with Crippen molar-refractivity contribution < 1.29 is 0 Å². The number of piperidine rings is 1. The zero-order valence-electron chi connectivity index (χ0n) is 14.2. The number of H-pyrrole nitrogens is 1. The molecular weight excluding hydrogens is 330 g/mol. The molecule has 4 rings (SSSR count). The SMILES string of the molecule is O=c1[nH]c2ccccc2cc1CNC1CCN(Cc2cccs2)CC1. The van der Waals surface area contributed by atoms with E-state index in [1.165, 1.54) is 4.88 Å². The molecule has 2 N–H and O–H groups in total. The maximum Gasteiger partial charge on any atom is 0.252 e. The van der Waals surface area contributed by atoms with Crippen LogP contribution < -0.4 is 10.9 Å². The highest BCUT2D eigenvalue weighted by atomic mass is 32.1. The second kappa shape index (κ2) is 7.52. The van der Waals surface area contributed by atoms with E-state index in [0.29, 0.717) is 12.6 Å². The maximum absolute atomic E-state index is 12.2. The third-order valence-electron chi connectivity index (χ3n) is 4.96. The van der Waals surface area contributed by atoms with Gasteiger partial charge in [-0.05, 0) is 54.9 Å². The quantitative estimate of drug-likeness (QED) is 0.740. The summed E-state index contributed by atoms with van der Waals surface area (Å²) in [5, 5.41) is 6.81. The van der Waals surface area contributed by atoms with Crippen molar-refractivity contribution in [3.63, 3.8) is 0 Å². The van der Waals surface area contributed by atoms with Crippen molar-refractivity contribution in [3.8, 4) is 0 Å². The van der Waals surface area contributed by atoms with Gasteiger partial charge in [0, 0.05) is 35.1 Å². The molecule has 1 saturated heterocycles. The molecule has 3 aromatic rings. The minimum absolute atomic E-state index is 0.0151. The Labute approximate surface area is 151 Å². The Bertz CT molecular complexity index is 879. The number of likely N-dealkylation sites (tertiary alicyclic amines) is 1. The van der Waals surface area contributed by atoms with E-state index in [4.69, 9.17) is 0 Å². The molecule has 1 aliphatic rings. The highest BCUT2D eigenvalue weighted by molar-refractivity contribution is 7.09. The lowest BCUT2D eigenvalue weighted by atomic mass is 10.0. The molecule has 2 aromatic heterocycles. The number of rotatable bonds is 5. The van der Waals surface area contributed by atoms with E-state index in [1.54, 1.807) is 0 Å². The molecule has 0 spiro atoms. The predicted molar refractivity (Wildman–Crippen MR) is 104 cm³/mol. The van der Waals surface area contributed by atoms with Gasteiger partial charge in [0.15, 0.2) is 0 Å². The molecular formula is C20H23N3OS. The van der Waals surface area contributed by atoms with Gasteiger partial charge in [0.05, 0.1) is 0 Å². The Morgan fingerprint density at radius 1 is 1.16 bits per heavy atom. The highest BCUT2D eigenvalue weighted by Gasteiger charge is 2.19. The topological polar surface area (TPSA) is 48.1 Å². The Morgan fingerprint density at radius 2 is 2.00 bits per heavy atom. The zero-order chi connectivity index (χ0) is 17.1. The number of aromatic nitrogens is 1. The molecule has 1 aromatic carbocycles. The summed E-state index contributed by atoms with van der Waals surface area (Å²) in [7, 11) is 0. The third kappa shape index (κ3) is 4.00. The molecule has 1 fully saturated rings. The standard InChI is InChI=1S/C20H23N3OS/c24-20-16(12-15-4-1-2-6-19(15)22-20)13-21-17-7-9-23(10-8-17)14-18-5-3-11-25-18/h1-6,11-12,17,21H,7-10,13-14H2,(H,22,24). The van der Waals surface area contributed by atoms with E-state index in [2.05, 4.69) is 32.7 Å². The Balaban J connectivity index is 1.32. The number of hydrogen-bond donors (Lipinski definition) is 2. The summed E-state index contributed by atoms with van der Waals surface area (Å²) in [4.78, 5) is 19.2. The highest BCUT2D eigenvalue weighted by Crippen LogP contribution is 2.17. The van der Waals surface area contributed by atoms with Gasteiger partial charge in [-0.1, -0.05) is 24.3 Å². The average Bonchev–Trinajstić information content (AvgIpc) is 3.14. The molecule has 5 heteroatoms. The zero-order valence-corrected chi connectivity index (χ0v) is 15.0. The molecule has 1 aliphatic heterocycles. The minimum Gasteiger partial charge on any atom is -0.322 e. The van der Waals surface area contributed by atoms with Gasteiger partial charge in [0.1, 0.15) is 0 Å². The fourth-order valence-electron chi connectivity index (χ4n) is 3.50. The maximum atomic E-state index is 12.2. The van der Waals surface area contributed by atoms with Crippen molar-refractivity contribution >= 4 is 22.2 Å². The number of thiophene rings is 1. The van der Waals surface area contributed by atoms with E-state index < -0.39 is 0 Å². The predicted octanol–water partition coefficient (Wildman–Crippen LogP) is 3.34. The first-order chi connectivity index (χ1) is 12.3. The van der Waals surface area contributed by atoms with Gasteiger partial charge in [-0.3, -0.25) is 9.69 Å². The van der Waals surface area contributed by atoms with Crippen molar-refractivity contribution in [1.29, 1.82) is 0 Å². The van der Waals surface area contributed by atoms with Crippen LogP contribution in [0.25, 0.3) is 10.9 Å². The van der Waals surface area contributed by atoms with Gasteiger partial charge in [-0.2, -0.15) is 0 Å². The van der Waals surface area contributed by atoms with Crippen LogP contribution in [0, 0.1) is 0 Å². The van der Waals surface area contributed by atoms with E-state index in [9.17, 15) is 4.79 Å². The van der Waals surface area contributed by atoms with Crippen LogP contribution in [-0.4, -0.2) is 29.0 Å². The van der Waals surface area contributed by atoms with E-state index >= 15 is 0 Å². The lowest BCUT2D eigenvalue weighted by Crippen LogP contribution is -2.42. The van der Waals surface area contributed by atoms with Crippen LogP contribution in [0.5, 0.6) is 0 Å². The molecule has 3 heterocycles. The van der Waals surface area contributed by atoms with Gasteiger partial charge in [0.2, 0.25) is 0 Å². The van der Waals surface area contributed by atoms with E-state index in [-0.39, 0.29) is 5.56 Å². The average molecular weight is 353 g/mol. The molecule has 0 radical (unpaired) electrons. The molecule has 0 saturated carbocycles. The Kier molecular flexibility index (Phi) is 4.97. The van der Waals surface area contributed by atoms with Gasteiger partial charge in [-0.15, -0.1) is 11.3 Å². The second-order valence-electron chi connectivity index (χ2n) is 6.72. The second-order valence-corrected chi connectivity index (χ2v) is 7.75. The van der Waals surface area contributed by atoms with Gasteiger partial charge < -0.3 is 10.3 Å². The minimum atomic E-state index is 0.0151. The van der Waals surface area contributed by atoms with Crippen molar-refractivity contribution in [3.05, 3.63) is 68.6 Å². The third-order valence-corrected chi connectivity index (χ3v) is 5.82. The molecule has 25 heavy (non-hydrogen) atoms. The molecule has 0 atom stereocenters. The van der Waals surface area contributed by atoms with Gasteiger partial charge in [0.25, 0.3) is 5.56 Å². The number of aromatic amines is 1. The smallest absolute Gasteiger partial charge is 0.252 e. The van der Waals surface area contributed by atoms with E-state index in [0.717, 1.165) is 48.9 Å². The van der Waals surface area contributed by atoms with Crippen LogP contribution in [-0.2, 0) is 13.1 Å². The number of hydrogen-bond acceptors (Lipinski definition) is 4. The molecule has 0 unspecified atom stereocenters. The number of nitrogens with one attached hydrogen (secondary N) is 2. The summed E-state index contributed by atoms with van der Waals surface area (Å²) in [6.45, 7) is 3.93. The van der Waals surface area contributed by atoms with Crippen LogP contribution in [0.2, 0.25) is 0 Å². The summed E-state index contributed by atoms with van der Waals surface area (Å²) >= 11 is 1.83. The van der Waals surface area contributed by atoms with Crippen LogP contribution in [0.3, 0.4) is 0 Å². The number of pyridine rings is 1. The summed E-state index contributed by atoms with van der Waals surface area (Å²) in [6.07, 6.45) is 2.27. The summed E-state index contributed by atoms with van der Waals surface area (Å²) in [5.74, 6) is 0. The number of nitrogens with zero attached hydrogens (tertiary/aromatic N) is 1. The number of para-hydroxylation sites is 1. The summed E-state index contributed by atoms with van der Waals surface area (Å²) in [5.41, 5.74) is 1.74. The normalized spacial score (nSPS) is 16.5. The van der Waals surface area contributed by atoms with Crippen molar-refractivity contribution in [2.45, 2.75) is 32.0 Å². The van der Waals surface area contributed by atoms with E-state index in [1.807, 2.05) is 41.7 Å². The largest absolute Gasteiger partial charge is 0.322 e. The molecule has 0 bridgehead atoms. The number of benzene rings is 1. The van der Waals surface area contributed by atoms with Gasteiger partial charge in [-0.25, -0.2) is 0 Å². The summed E-state index contributed by atoms with van der Waals surface area (Å²) < 4.78 is 0. The molecule has 4 nitrogen and oxygen atoms in total. The van der Waals surface area contributed by atoms with Crippen LogP contribution in [0.15, 0.2) is 52.6 Å². The summed E-state index contributed by atoms with van der Waals surface area (Å²) in [6, 6.07) is 14.8. The monoisotopic (exact) mass is 353 g/mol. The van der Waals surface area contributed by atoms with Crippen molar-refractivity contribution in [2.75, 3.05) is 13.1 Å². The fraction of sp³-hybridized carbons (Fsp3) is 0.350. The fourth-order valence-corrected chi connectivity index (χ4v) is 4.24. The Hall–Kier alpha value is -1.95. The Morgan fingerprint density at radius 3 is 2.80 bits per heavy atom.